The molecule has 0 aromatic heterocycles. The van der Waals surface area contributed by atoms with Crippen molar-refractivity contribution >= 4 is 28.1 Å². The molecule has 0 bridgehead atoms. The average Bonchev–Trinajstić information content (AvgIpc) is 2.32. The van der Waals surface area contributed by atoms with Crippen LogP contribution in [-0.2, 0) is 0 Å². The van der Waals surface area contributed by atoms with Gasteiger partial charge in [0.1, 0.15) is 0 Å². The molecule has 2 N–H and O–H groups in total. The van der Waals surface area contributed by atoms with Crippen molar-refractivity contribution in [3.63, 3.8) is 0 Å². The number of anilines is 1. The van der Waals surface area contributed by atoms with Crippen molar-refractivity contribution in [2.45, 2.75) is 0 Å². The Morgan fingerprint density at radius 3 is 3.00 bits per heavy atom. The second-order valence-electron chi connectivity index (χ2n) is 2.27. The van der Waals surface area contributed by atoms with Gasteiger partial charge < -0.3 is 5.73 Å². The van der Waals surface area contributed by atoms with Crippen LogP contribution < -0.4 is 11.2 Å². The van der Waals surface area contributed by atoms with Crippen LogP contribution in [0.3, 0.4) is 0 Å². The van der Waals surface area contributed by atoms with E-state index in [-0.39, 0.29) is 0 Å². The molecule has 1 aromatic carbocycles. The molecule has 0 fully saturated rings. The Bertz CT molecular complexity index is 332. The van der Waals surface area contributed by atoms with Crippen LogP contribution >= 0.6 is 11.6 Å². The molecule has 0 saturated carbocycles. The maximum absolute atomic E-state index is 5.71. The normalized spacial score (nSPS) is 13.7. The molecule has 0 saturated heterocycles. The van der Waals surface area contributed by atoms with E-state index in [9.17, 15) is 0 Å². The molecular weight excluding hydrogens is 162 g/mol. The standard InChI is InChI=1S/C7H5ClN3/c8-7-5-2-1-4(9)3-6(5)10-11-7/h1-3H,9H2. The lowest BCUT2D eigenvalue weighted by molar-refractivity contribution is 0.991. The number of fused-ring (bicyclic) bond motifs is 1. The maximum Gasteiger partial charge on any atom is 0.161 e. The van der Waals surface area contributed by atoms with E-state index in [0.29, 0.717) is 10.9 Å². The Hall–Kier alpha value is -1.22. The number of hydrogen-bond acceptors (Lipinski definition) is 2. The molecule has 0 unspecified atom stereocenters. The van der Waals surface area contributed by atoms with Crippen molar-refractivity contribution in [1.82, 2.24) is 5.43 Å². The summed E-state index contributed by atoms with van der Waals surface area (Å²) in [7, 11) is 0. The van der Waals surface area contributed by atoms with Crippen molar-refractivity contribution in [2.75, 3.05) is 5.73 Å². The predicted molar refractivity (Wildman–Crippen MR) is 45.0 cm³/mol. The topological polar surface area (TPSA) is 52.5 Å². The van der Waals surface area contributed by atoms with Crippen molar-refractivity contribution in [1.29, 1.82) is 0 Å². The van der Waals surface area contributed by atoms with Crippen molar-refractivity contribution in [2.24, 2.45) is 5.10 Å². The van der Waals surface area contributed by atoms with Gasteiger partial charge in [-0.3, -0.25) is 0 Å². The van der Waals surface area contributed by atoms with E-state index in [1.165, 1.54) is 0 Å². The van der Waals surface area contributed by atoms with E-state index in [1.54, 1.807) is 12.1 Å². The highest BCUT2D eigenvalue weighted by Gasteiger charge is 2.14. The van der Waals surface area contributed by atoms with Gasteiger partial charge in [-0.2, -0.15) is 0 Å². The molecule has 1 aromatic rings. The fraction of sp³-hybridized carbons (Fsp3) is 0. The number of nitrogens with zero attached hydrogens (tertiary/aromatic N) is 2. The summed E-state index contributed by atoms with van der Waals surface area (Å²) in [4.78, 5) is 0. The van der Waals surface area contributed by atoms with Gasteiger partial charge in [0.05, 0.1) is 5.69 Å². The van der Waals surface area contributed by atoms with Crippen LogP contribution in [-0.4, -0.2) is 5.17 Å². The summed E-state index contributed by atoms with van der Waals surface area (Å²) in [6.07, 6.45) is 0. The molecule has 0 atom stereocenters. The third-order valence-corrected chi connectivity index (χ3v) is 1.77. The summed E-state index contributed by atoms with van der Waals surface area (Å²) in [6, 6.07) is 5.33. The Balaban J connectivity index is 2.58. The van der Waals surface area contributed by atoms with E-state index in [0.717, 1.165) is 11.3 Å². The van der Waals surface area contributed by atoms with E-state index < -0.39 is 0 Å². The monoisotopic (exact) mass is 166 g/mol. The quantitative estimate of drug-likeness (QED) is 0.583. The Morgan fingerprint density at radius 2 is 2.18 bits per heavy atom. The van der Waals surface area contributed by atoms with Gasteiger partial charge in [0, 0.05) is 11.3 Å². The zero-order valence-corrected chi connectivity index (χ0v) is 6.34. The minimum atomic E-state index is 0.431. The van der Waals surface area contributed by atoms with Crippen LogP contribution in [0.25, 0.3) is 0 Å². The van der Waals surface area contributed by atoms with Gasteiger partial charge in [-0.1, -0.05) is 11.6 Å². The lowest BCUT2D eigenvalue weighted by atomic mass is 10.2. The number of rotatable bonds is 0. The molecule has 0 spiro atoms. The molecule has 1 heterocycles. The molecule has 1 aliphatic rings. The zero-order chi connectivity index (χ0) is 7.84. The van der Waals surface area contributed by atoms with Gasteiger partial charge in [0.2, 0.25) is 0 Å². The summed E-state index contributed by atoms with van der Waals surface area (Å²) in [5.74, 6) is 0. The van der Waals surface area contributed by atoms with Crippen molar-refractivity contribution in [3.8, 4) is 0 Å². The molecule has 1 radical (unpaired) electrons. The summed E-state index contributed by atoms with van der Waals surface area (Å²) in [5, 5.41) is 4.13. The Morgan fingerprint density at radius 1 is 1.36 bits per heavy atom. The first-order valence-electron chi connectivity index (χ1n) is 3.11. The number of hydrogen-bond donors (Lipinski definition) is 1. The van der Waals surface area contributed by atoms with E-state index in [4.69, 9.17) is 17.3 Å². The fourth-order valence-electron chi connectivity index (χ4n) is 0.957. The fourth-order valence-corrected chi connectivity index (χ4v) is 1.16. The first-order valence-corrected chi connectivity index (χ1v) is 3.49. The van der Waals surface area contributed by atoms with E-state index in [2.05, 4.69) is 10.5 Å². The number of nitrogen functional groups attached to an aromatic ring is 1. The third-order valence-electron chi connectivity index (χ3n) is 1.49. The highest BCUT2D eigenvalue weighted by atomic mass is 35.5. The average molecular weight is 167 g/mol. The second-order valence-corrected chi connectivity index (χ2v) is 2.63. The smallest absolute Gasteiger partial charge is 0.161 e. The first-order chi connectivity index (χ1) is 5.27. The molecule has 11 heavy (non-hydrogen) atoms. The highest BCUT2D eigenvalue weighted by molar-refractivity contribution is 6.70. The van der Waals surface area contributed by atoms with Gasteiger partial charge >= 0.3 is 0 Å². The Kier molecular flexibility index (Phi) is 1.26. The molecule has 0 aliphatic carbocycles. The predicted octanol–water partition coefficient (Wildman–Crippen LogP) is 1.42. The van der Waals surface area contributed by atoms with Gasteiger partial charge in [-0.25, -0.2) is 0 Å². The van der Waals surface area contributed by atoms with E-state index >= 15 is 0 Å². The molecule has 55 valence electrons. The summed E-state index contributed by atoms with van der Waals surface area (Å²) < 4.78 is 0. The molecule has 2 rings (SSSR count). The Labute approximate surface area is 68.8 Å². The van der Waals surface area contributed by atoms with Gasteiger partial charge in [0.25, 0.3) is 0 Å². The second kappa shape index (κ2) is 2.13. The third kappa shape index (κ3) is 0.935. The van der Waals surface area contributed by atoms with Crippen LogP contribution in [0.5, 0.6) is 0 Å². The largest absolute Gasteiger partial charge is 0.399 e. The van der Waals surface area contributed by atoms with Crippen LogP contribution in [0.4, 0.5) is 11.4 Å². The number of nitrogens with two attached hydrogens (primary N) is 1. The zero-order valence-electron chi connectivity index (χ0n) is 5.58. The minimum Gasteiger partial charge on any atom is -0.399 e. The lowest BCUT2D eigenvalue weighted by Crippen LogP contribution is -1.89. The molecule has 4 heteroatoms. The first kappa shape index (κ1) is 6.49. The molecular formula is C7H5ClN3. The lowest BCUT2D eigenvalue weighted by Gasteiger charge is -1.96. The van der Waals surface area contributed by atoms with Gasteiger partial charge in [0.15, 0.2) is 5.17 Å². The van der Waals surface area contributed by atoms with Gasteiger partial charge in [-0.15, -0.1) is 10.5 Å². The summed E-state index contributed by atoms with van der Waals surface area (Å²) in [5.41, 5.74) is 11.6. The molecule has 1 aliphatic heterocycles. The van der Waals surface area contributed by atoms with Crippen LogP contribution in [0.2, 0.25) is 0 Å². The van der Waals surface area contributed by atoms with Crippen LogP contribution in [0, 0.1) is 0 Å². The van der Waals surface area contributed by atoms with Crippen LogP contribution in [0.1, 0.15) is 5.56 Å². The van der Waals surface area contributed by atoms with Gasteiger partial charge in [-0.05, 0) is 18.2 Å². The number of benzene rings is 1. The number of halogens is 1. The SMILES string of the molecule is Nc1ccc2c(c1)[N]N=C2Cl. The summed E-state index contributed by atoms with van der Waals surface area (Å²) >= 11 is 5.71. The highest BCUT2D eigenvalue weighted by Crippen LogP contribution is 2.25. The molecule has 0 amide bonds. The maximum atomic E-state index is 5.71. The minimum absolute atomic E-state index is 0.431. The van der Waals surface area contributed by atoms with Crippen LogP contribution in [0.15, 0.2) is 23.3 Å². The molecule has 3 nitrogen and oxygen atoms in total. The van der Waals surface area contributed by atoms with E-state index in [1.807, 2.05) is 6.07 Å². The van der Waals surface area contributed by atoms with Crippen molar-refractivity contribution < 1.29 is 0 Å². The summed E-state index contributed by atoms with van der Waals surface area (Å²) in [6.45, 7) is 0. The van der Waals surface area contributed by atoms with Crippen molar-refractivity contribution in [3.05, 3.63) is 23.8 Å².